The van der Waals surface area contributed by atoms with Gasteiger partial charge in [-0.25, -0.2) is 0 Å². The second-order valence-corrected chi connectivity index (χ2v) is 6.21. The lowest BCUT2D eigenvalue weighted by atomic mass is 9.85. The fraction of sp³-hybridized carbons (Fsp3) is 0.923. The third-order valence-corrected chi connectivity index (χ3v) is 3.60. The van der Waals surface area contributed by atoms with Crippen LogP contribution in [0.3, 0.4) is 0 Å². The van der Waals surface area contributed by atoms with Crippen molar-refractivity contribution in [3.63, 3.8) is 0 Å². The summed E-state index contributed by atoms with van der Waals surface area (Å²) in [4.78, 5) is 14.7. The topological polar surface area (TPSA) is 20.3 Å². The van der Waals surface area contributed by atoms with Crippen LogP contribution in [-0.2, 0) is 4.79 Å². The van der Waals surface area contributed by atoms with Crippen molar-refractivity contribution >= 4 is 5.78 Å². The van der Waals surface area contributed by atoms with Gasteiger partial charge in [-0.1, -0.05) is 20.8 Å². The smallest absolute Gasteiger partial charge is 0.155 e. The lowest BCUT2D eigenvalue weighted by molar-refractivity contribution is -0.130. The van der Waals surface area contributed by atoms with E-state index in [4.69, 9.17) is 0 Å². The van der Waals surface area contributed by atoms with Gasteiger partial charge in [0.05, 0.1) is 6.04 Å². The SMILES string of the molecule is CC(C)(C)C(=O)[C@H]1CCCN1CC1CC1. The van der Waals surface area contributed by atoms with Gasteiger partial charge in [-0.3, -0.25) is 9.69 Å². The summed E-state index contributed by atoms with van der Waals surface area (Å²) in [5.74, 6) is 1.35. The van der Waals surface area contributed by atoms with Crippen molar-refractivity contribution in [2.24, 2.45) is 11.3 Å². The quantitative estimate of drug-likeness (QED) is 0.711. The predicted octanol–water partition coefficient (Wildman–Crippen LogP) is 2.48. The minimum Gasteiger partial charge on any atom is -0.297 e. The Hall–Kier alpha value is -0.370. The summed E-state index contributed by atoms with van der Waals surface area (Å²) in [6, 6.07) is 0.227. The van der Waals surface area contributed by atoms with Gasteiger partial charge in [0, 0.05) is 12.0 Å². The number of carbonyl (C=O) groups excluding carboxylic acids is 1. The minimum absolute atomic E-state index is 0.170. The molecule has 0 bridgehead atoms. The van der Waals surface area contributed by atoms with Crippen molar-refractivity contribution in [3.05, 3.63) is 0 Å². The van der Waals surface area contributed by atoms with Crippen LogP contribution in [-0.4, -0.2) is 29.8 Å². The van der Waals surface area contributed by atoms with Crippen LogP contribution in [0, 0.1) is 11.3 Å². The highest BCUT2D eigenvalue weighted by Gasteiger charge is 2.38. The molecular weight excluding hydrogens is 186 g/mol. The van der Waals surface area contributed by atoms with E-state index >= 15 is 0 Å². The Labute approximate surface area is 93.0 Å². The lowest BCUT2D eigenvalue weighted by Crippen LogP contribution is -2.42. The molecule has 0 aromatic carbocycles. The summed E-state index contributed by atoms with van der Waals surface area (Å²) in [7, 11) is 0. The summed E-state index contributed by atoms with van der Waals surface area (Å²) in [6.45, 7) is 8.45. The number of rotatable bonds is 3. The number of nitrogens with zero attached hydrogens (tertiary/aromatic N) is 1. The molecule has 2 aliphatic rings. The van der Waals surface area contributed by atoms with E-state index in [-0.39, 0.29) is 11.5 Å². The van der Waals surface area contributed by atoms with E-state index in [1.807, 2.05) is 20.8 Å². The van der Waals surface area contributed by atoms with Crippen LogP contribution in [0.15, 0.2) is 0 Å². The van der Waals surface area contributed by atoms with Crippen LogP contribution in [0.25, 0.3) is 0 Å². The molecule has 1 aliphatic heterocycles. The van der Waals surface area contributed by atoms with Crippen molar-refractivity contribution in [2.45, 2.75) is 52.5 Å². The maximum atomic E-state index is 12.2. The molecule has 2 fully saturated rings. The normalized spacial score (nSPS) is 28.3. The Morgan fingerprint density at radius 1 is 1.27 bits per heavy atom. The first kappa shape index (κ1) is 11.1. The Morgan fingerprint density at radius 2 is 1.93 bits per heavy atom. The molecule has 0 unspecified atom stereocenters. The van der Waals surface area contributed by atoms with Gasteiger partial charge in [0.15, 0.2) is 5.78 Å². The molecule has 86 valence electrons. The number of ketones is 1. The third kappa shape index (κ3) is 2.60. The molecule has 1 aliphatic carbocycles. The van der Waals surface area contributed by atoms with Crippen molar-refractivity contribution < 1.29 is 4.79 Å². The summed E-state index contributed by atoms with van der Waals surface area (Å²) < 4.78 is 0. The van der Waals surface area contributed by atoms with Crippen LogP contribution >= 0.6 is 0 Å². The molecule has 0 amide bonds. The van der Waals surface area contributed by atoms with E-state index in [0.717, 1.165) is 18.9 Å². The van der Waals surface area contributed by atoms with Gasteiger partial charge in [0.1, 0.15) is 0 Å². The Balaban J connectivity index is 1.97. The van der Waals surface area contributed by atoms with Gasteiger partial charge in [-0.15, -0.1) is 0 Å². The Morgan fingerprint density at radius 3 is 2.47 bits per heavy atom. The molecule has 0 spiro atoms. The maximum absolute atomic E-state index is 12.2. The molecule has 1 saturated heterocycles. The van der Waals surface area contributed by atoms with Crippen LogP contribution < -0.4 is 0 Å². The number of hydrogen-bond acceptors (Lipinski definition) is 2. The Bertz CT molecular complexity index is 250. The number of carbonyl (C=O) groups is 1. The van der Waals surface area contributed by atoms with E-state index in [1.165, 1.54) is 25.8 Å². The zero-order chi connectivity index (χ0) is 11.1. The lowest BCUT2D eigenvalue weighted by Gasteiger charge is -2.28. The minimum atomic E-state index is -0.170. The largest absolute Gasteiger partial charge is 0.297 e. The van der Waals surface area contributed by atoms with Gasteiger partial charge < -0.3 is 0 Å². The van der Waals surface area contributed by atoms with E-state index < -0.39 is 0 Å². The molecule has 0 aromatic rings. The molecule has 2 heteroatoms. The number of hydrogen-bond donors (Lipinski definition) is 0. The molecular formula is C13H23NO. The predicted molar refractivity (Wildman–Crippen MR) is 61.8 cm³/mol. The van der Waals surface area contributed by atoms with Gasteiger partial charge in [-0.2, -0.15) is 0 Å². The number of Topliss-reactive ketones (excluding diaryl/α,β-unsaturated/α-hetero) is 1. The monoisotopic (exact) mass is 209 g/mol. The molecule has 1 saturated carbocycles. The van der Waals surface area contributed by atoms with Crippen LogP contribution in [0.2, 0.25) is 0 Å². The molecule has 0 radical (unpaired) electrons. The summed E-state index contributed by atoms with van der Waals surface area (Å²) in [5, 5.41) is 0. The highest BCUT2D eigenvalue weighted by Crippen LogP contribution is 2.34. The van der Waals surface area contributed by atoms with Crippen molar-refractivity contribution in [2.75, 3.05) is 13.1 Å². The first-order valence-electron chi connectivity index (χ1n) is 6.27. The van der Waals surface area contributed by atoms with Crippen molar-refractivity contribution in [1.29, 1.82) is 0 Å². The molecule has 1 atom stereocenters. The summed E-state index contributed by atoms with van der Waals surface area (Å²) in [5.41, 5.74) is -0.170. The fourth-order valence-corrected chi connectivity index (χ4v) is 2.47. The van der Waals surface area contributed by atoms with Crippen LogP contribution in [0.4, 0.5) is 0 Å². The van der Waals surface area contributed by atoms with E-state index in [1.54, 1.807) is 0 Å². The molecule has 1 heterocycles. The zero-order valence-electron chi connectivity index (χ0n) is 10.3. The second-order valence-electron chi connectivity index (χ2n) is 6.21. The summed E-state index contributed by atoms with van der Waals surface area (Å²) >= 11 is 0. The van der Waals surface area contributed by atoms with Crippen LogP contribution in [0.1, 0.15) is 46.5 Å². The average Bonchev–Trinajstić information content (AvgIpc) is 2.80. The molecule has 2 rings (SSSR count). The molecule has 0 aromatic heterocycles. The fourth-order valence-electron chi connectivity index (χ4n) is 2.47. The van der Waals surface area contributed by atoms with Crippen molar-refractivity contribution in [3.8, 4) is 0 Å². The third-order valence-electron chi connectivity index (χ3n) is 3.60. The Kier molecular flexibility index (Phi) is 2.89. The highest BCUT2D eigenvalue weighted by atomic mass is 16.1. The average molecular weight is 209 g/mol. The molecule has 2 nitrogen and oxygen atoms in total. The van der Waals surface area contributed by atoms with Gasteiger partial charge in [-0.05, 0) is 38.1 Å². The highest BCUT2D eigenvalue weighted by molar-refractivity contribution is 5.88. The van der Waals surface area contributed by atoms with Gasteiger partial charge in [0.2, 0.25) is 0 Å². The maximum Gasteiger partial charge on any atom is 0.155 e. The molecule has 15 heavy (non-hydrogen) atoms. The van der Waals surface area contributed by atoms with Gasteiger partial charge >= 0.3 is 0 Å². The zero-order valence-corrected chi connectivity index (χ0v) is 10.3. The standard InChI is InChI=1S/C13H23NO/c1-13(2,3)12(15)11-5-4-8-14(11)9-10-6-7-10/h10-11H,4-9H2,1-3H3/t11-/m1/s1. The molecule has 0 N–H and O–H groups in total. The van der Waals surface area contributed by atoms with Gasteiger partial charge in [0.25, 0.3) is 0 Å². The second kappa shape index (κ2) is 3.89. The number of likely N-dealkylation sites (tertiary alicyclic amines) is 1. The van der Waals surface area contributed by atoms with Crippen molar-refractivity contribution in [1.82, 2.24) is 4.90 Å². The first-order chi connectivity index (χ1) is 6.98. The first-order valence-corrected chi connectivity index (χ1v) is 6.27. The van der Waals surface area contributed by atoms with E-state index in [0.29, 0.717) is 5.78 Å². The summed E-state index contributed by atoms with van der Waals surface area (Å²) in [6.07, 6.45) is 5.06. The van der Waals surface area contributed by atoms with E-state index in [9.17, 15) is 4.79 Å². The van der Waals surface area contributed by atoms with E-state index in [2.05, 4.69) is 4.90 Å². The van der Waals surface area contributed by atoms with Crippen LogP contribution in [0.5, 0.6) is 0 Å².